The molecule has 1 saturated heterocycles. The number of halogens is 1. The summed E-state index contributed by atoms with van der Waals surface area (Å²) in [5.41, 5.74) is 0.994. The fraction of sp³-hybridized carbons (Fsp3) is 0.500. The maximum absolute atomic E-state index is 12.3. The molecule has 0 saturated carbocycles. The first-order valence-electron chi connectivity index (χ1n) is 6.47. The van der Waals surface area contributed by atoms with Crippen LogP contribution in [0.1, 0.15) is 13.3 Å². The molecule has 1 N–H and O–H groups in total. The quantitative estimate of drug-likeness (QED) is 0.927. The van der Waals surface area contributed by atoms with Crippen LogP contribution in [0.4, 0.5) is 5.69 Å². The number of nitrogens with zero attached hydrogens (tertiary/aromatic N) is 1. The van der Waals surface area contributed by atoms with Crippen molar-refractivity contribution in [1.29, 1.82) is 0 Å². The monoisotopic (exact) mass is 300 g/mol. The molecule has 1 aliphatic rings. The Bertz CT molecular complexity index is 382. The van der Waals surface area contributed by atoms with Crippen LogP contribution in [0.2, 0.25) is 0 Å². The van der Waals surface area contributed by atoms with E-state index in [0.29, 0.717) is 12.5 Å². The van der Waals surface area contributed by atoms with Gasteiger partial charge in [-0.2, -0.15) is 11.8 Å². The molecule has 2 rings (SSSR count). The number of benzene rings is 1. The van der Waals surface area contributed by atoms with Gasteiger partial charge < -0.3 is 10.2 Å². The Labute approximate surface area is 125 Å². The normalized spacial score (nSPS) is 18.5. The molecule has 0 aromatic heterocycles. The van der Waals surface area contributed by atoms with Gasteiger partial charge in [0.05, 0.1) is 0 Å². The minimum absolute atomic E-state index is 0. The number of amides is 1. The van der Waals surface area contributed by atoms with Gasteiger partial charge in [-0.3, -0.25) is 4.79 Å². The van der Waals surface area contributed by atoms with Gasteiger partial charge in [0.2, 0.25) is 5.91 Å². The van der Waals surface area contributed by atoms with E-state index in [-0.39, 0.29) is 18.3 Å². The molecule has 0 aliphatic carbocycles. The molecule has 3 nitrogen and oxygen atoms in total. The van der Waals surface area contributed by atoms with Crippen LogP contribution in [0, 0.1) is 0 Å². The molecule has 1 aromatic carbocycles. The average Bonchev–Trinajstić information content (AvgIpc) is 2.42. The summed E-state index contributed by atoms with van der Waals surface area (Å²) in [5.74, 6) is 2.41. The summed E-state index contributed by atoms with van der Waals surface area (Å²) in [6.45, 7) is 3.76. The highest BCUT2D eigenvalue weighted by Gasteiger charge is 2.20. The van der Waals surface area contributed by atoms with E-state index in [9.17, 15) is 4.79 Å². The van der Waals surface area contributed by atoms with Crippen LogP contribution in [0.3, 0.4) is 0 Å². The lowest BCUT2D eigenvalue weighted by Gasteiger charge is -2.26. The minimum Gasteiger partial charge on any atom is -0.313 e. The van der Waals surface area contributed by atoms with Gasteiger partial charge >= 0.3 is 0 Å². The predicted molar refractivity (Wildman–Crippen MR) is 85.4 cm³/mol. The van der Waals surface area contributed by atoms with E-state index in [4.69, 9.17) is 0 Å². The number of hydrogen-bond acceptors (Lipinski definition) is 3. The van der Waals surface area contributed by atoms with Crippen molar-refractivity contribution in [3.8, 4) is 0 Å². The molecule has 1 aromatic rings. The Kier molecular flexibility index (Phi) is 7.28. The molecule has 1 aliphatic heterocycles. The van der Waals surface area contributed by atoms with Crippen LogP contribution < -0.4 is 10.2 Å². The van der Waals surface area contributed by atoms with E-state index < -0.39 is 0 Å². The van der Waals surface area contributed by atoms with Crippen molar-refractivity contribution in [2.45, 2.75) is 19.4 Å². The molecular weight excluding hydrogens is 280 g/mol. The molecule has 19 heavy (non-hydrogen) atoms. The third-order valence-electron chi connectivity index (χ3n) is 3.10. The molecule has 5 heteroatoms. The summed E-state index contributed by atoms with van der Waals surface area (Å²) in [6.07, 6.45) is 0.593. The third kappa shape index (κ3) is 4.71. The van der Waals surface area contributed by atoms with E-state index in [1.807, 2.05) is 53.9 Å². The van der Waals surface area contributed by atoms with Gasteiger partial charge in [-0.25, -0.2) is 0 Å². The second-order valence-corrected chi connectivity index (χ2v) is 5.55. The number of carbonyl (C=O) groups is 1. The predicted octanol–water partition coefficient (Wildman–Crippen LogP) is 2.56. The van der Waals surface area contributed by atoms with Crippen LogP contribution in [0.25, 0.3) is 0 Å². The zero-order valence-corrected chi connectivity index (χ0v) is 12.8. The summed E-state index contributed by atoms with van der Waals surface area (Å²) >= 11 is 1.93. The molecule has 1 fully saturated rings. The fourth-order valence-electron chi connectivity index (χ4n) is 2.18. The molecule has 106 valence electrons. The van der Waals surface area contributed by atoms with Crippen LogP contribution in [-0.2, 0) is 4.79 Å². The van der Waals surface area contributed by atoms with Crippen molar-refractivity contribution in [2.24, 2.45) is 0 Å². The van der Waals surface area contributed by atoms with Gasteiger partial charge in [-0.15, -0.1) is 12.4 Å². The maximum atomic E-state index is 12.3. The topological polar surface area (TPSA) is 32.3 Å². The Morgan fingerprint density at radius 1 is 1.42 bits per heavy atom. The molecule has 0 radical (unpaired) electrons. The number of rotatable bonds is 4. The third-order valence-corrected chi connectivity index (χ3v) is 4.24. The zero-order chi connectivity index (χ0) is 12.8. The molecule has 1 heterocycles. The van der Waals surface area contributed by atoms with Crippen molar-refractivity contribution in [2.75, 3.05) is 29.5 Å². The smallest absolute Gasteiger partial charge is 0.228 e. The lowest BCUT2D eigenvalue weighted by atomic mass is 10.2. The van der Waals surface area contributed by atoms with Crippen LogP contribution >= 0.6 is 24.2 Å². The van der Waals surface area contributed by atoms with Gasteiger partial charge in [0.1, 0.15) is 0 Å². The molecule has 1 atom stereocenters. The first-order chi connectivity index (χ1) is 8.81. The zero-order valence-electron chi connectivity index (χ0n) is 11.2. The van der Waals surface area contributed by atoms with Gasteiger partial charge in [-0.1, -0.05) is 18.2 Å². The summed E-state index contributed by atoms with van der Waals surface area (Å²) in [7, 11) is 0. The van der Waals surface area contributed by atoms with Gasteiger partial charge in [0.25, 0.3) is 0 Å². The van der Waals surface area contributed by atoms with E-state index in [1.165, 1.54) is 0 Å². The highest BCUT2D eigenvalue weighted by atomic mass is 35.5. The standard InChI is InChI=1S/C14H20N2OS.ClH/c1-2-16(13-6-4-3-5-7-13)14(17)10-12-11-18-9-8-15-12;/h3-7,12,15H,2,8-11H2,1H3;1H. The number of anilines is 1. The number of para-hydroxylation sites is 1. The van der Waals surface area contributed by atoms with E-state index in [0.717, 1.165) is 30.3 Å². The number of thioether (sulfide) groups is 1. The fourth-order valence-corrected chi connectivity index (χ4v) is 3.13. The molecule has 1 unspecified atom stereocenters. The van der Waals surface area contributed by atoms with E-state index >= 15 is 0 Å². The van der Waals surface area contributed by atoms with Crippen molar-refractivity contribution in [1.82, 2.24) is 5.32 Å². The first-order valence-corrected chi connectivity index (χ1v) is 7.63. The van der Waals surface area contributed by atoms with Crippen LogP contribution in [-0.4, -0.2) is 36.5 Å². The summed E-state index contributed by atoms with van der Waals surface area (Å²) < 4.78 is 0. The van der Waals surface area contributed by atoms with Crippen molar-refractivity contribution in [3.63, 3.8) is 0 Å². The number of hydrogen-bond donors (Lipinski definition) is 1. The maximum Gasteiger partial charge on any atom is 0.228 e. The second kappa shape index (κ2) is 8.46. The lowest BCUT2D eigenvalue weighted by molar-refractivity contribution is -0.118. The lowest BCUT2D eigenvalue weighted by Crippen LogP contribution is -2.42. The van der Waals surface area contributed by atoms with E-state index in [1.54, 1.807) is 0 Å². The average molecular weight is 301 g/mol. The Morgan fingerprint density at radius 3 is 2.74 bits per heavy atom. The van der Waals surface area contributed by atoms with E-state index in [2.05, 4.69) is 5.32 Å². The Hall–Kier alpha value is -0.710. The Morgan fingerprint density at radius 2 is 2.16 bits per heavy atom. The highest BCUT2D eigenvalue weighted by molar-refractivity contribution is 7.99. The second-order valence-electron chi connectivity index (χ2n) is 4.40. The largest absolute Gasteiger partial charge is 0.313 e. The number of carbonyl (C=O) groups excluding carboxylic acids is 1. The van der Waals surface area contributed by atoms with Crippen molar-refractivity contribution >= 4 is 35.8 Å². The first kappa shape index (κ1) is 16.3. The van der Waals surface area contributed by atoms with Crippen LogP contribution in [0.15, 0.2) is 30.3 Å². The Balaban J connectivity index is 0.00000180. The molecular formula is C14H21ClN2OS. The molecule has 1 amide bonds. The van der Waals surface area contributed by atoms with Gasteiger partial charge in [-0.05, 0) is 19.1 Å². The van der Waals surface area contributed by atoms with Crippen LogP contribution in [0.5, 0.6) is 0 Å². The molecule has 0 bridgehead atoms. The highest BCUT2D eigenvalue weighted by Crippen LogP contribution is 2.17. The SMILES string of the molecule is CCN(C(=O)CC1CSCCN1)c1ccccc1.Cl. The van der Waals surface area contributed by atoms with Gasteiger partial charge in [0, 0.05) is 42.7 Å². The van der Waals surface area contributed by atoms with Crippen molar-refractivity contribution < 1.29 is 4.79 Å². The van der Waals surface area contributed by atoms with Gasteiger partial charge in [0.15, 0.2) is 0 Å². The van der Waals surface area contributed by atoms with Crippen molar-refractivity contribution in [3.05, 3.63) is 30.3 Å². The summed E-state index contributed by atoms with van der Waals surface area (Å²) in [4.78, 5) is 14.2. The minimum atomic E-state index is 0. The number of nitrogens with one attached hydrogen (secondary N) is 1. The summed E-state index contributed by atoms with van der Waals surface area (Å²) in [5, 5.41) is 3.41. The summed E-state index contributed by atoms with van der Waals surface area (Å²) in [6, 6.07) is 10.2. The molecule has 0 spiro atoms.